The summed E-state index contributed by atoms with van der Waals surface area (Å²) in [5, 5.41) is 5.91. The number of aryl methyl sites for hydroxylation is 2. The molecule has 3 N–H and O–H groups in total. The summed E-state index contributed by atoms with van der Waals surface area (Å²) in [4.78, 5) is 4.47. The predicted octanol–water partition coefficient (Wildman–Crippen LogP) is 3.91. The van der Waals surface area contributed by atoms with Gasteiger partial charge in [0.25, 0.3) is 0 Å². The number of nitrogens with zero attached hydrogens (tertiary/aromatic N) is 1. The maximum atomic E-state index is 6.09. The summed E-state index contributed by atoms with van der Waals surface area (Å²) < 4.78 is 0. The van der Waals surface area contributed by atoms with Crippen LogP contribution in [0.15, 0.2) is 65.7 Å². The molecule has 0 heterocycles. The lowest BCUT2D eigenvalue weighted by atomic mass is 10.0. The van der Waals surface area contributed by atoms with Crippen molar-refractivity contribution in [3.8, 4) is 0 Å². The van der Waals surface area contributed by atoms with Crippen molar-refractivity contribution in [2.24, 2.45) is 10.7 Å². The molecule has 3 aromatic carbocycles. The second-order valence-corrected chi connectivity index (χ2v) is 6.24. The molecule has 0 amide bonds. The van der Waals surface area contributed by atoms with Gasteiger partial charge in [0.2, 0.25) is 0 Å². The lowest BCUT2D eigenvalue weighted by molar-refractivity contribution is 0.965. The second kappa shape index (κ2) is 6.36. The Morgan fingerprint density at radius 1 is 0.917 bits per heavy atom. The van der Waals surface area contributed by atoms with Crippen molar-refractivity contribution < 1.29 is 0 Å². The van der Waals surface area contributed by atoms with E-state index in [2.05, 4.69) is 52.8 Å². The first-order valence-electron chi connectivity index (χ1n) is 8.45. The normalized spacial score (nSPS) is 13.4. The van der Waals surface area contributed by atoms with Crippen molar-refractivity contribution in [3.05, 3.63) is 77.4 Å². The number of hydrogen-bond donors (Lipinski definition) is 2. The molecule has 3 aromatic rings. The summed E-state index contributed by atoms with van der Waals surface area (Å²) in [6, 6.07) is 21.2. The van der Waals surface area contributed by atoms with E-state index in [-0.39, 0.29) is 0 Å². The minimum atomic E-state index is 0.477. The van der Waals surface area contributed by atoms with Gasteiger partial charge in [-0.1, -0.05) is 54.6 Å². The lowest BCUT2D eigenvalue weighted by Gasteiger charge is -2.11. The largest absolute Gasteiger partial charge is 0.370 e. The number of guanidine groups is 1. The molecule has 0 radical (unpaired) electrons. The highest BCUT2D eigenvalue weighted by Crippen LogP contribution is 2.34. The van der Waals surface area contributed by atoms with E-state index in [0.29, 0.717) is 12.5 Å². The third-order valence-electron chi connectivity index (χ3n) is 4.67. The van der Waals surface area contributed by atoms with E-state index in [1.165, 1.54) is 27.5 Å². The molecule has 0 atom stereocenters. The van der Waals surface area contributed by atoms with Crippen molar-refractivity contribution in [1.82, 2.24) is 0 Å². The average Bonchev–Trinajstić information content (AvgIpc) is 3.03. The summed E-state index contributed by atoms with van der Waals surface area (Å²) in [6.07, 6.45) is 3.17. The highest BCUT2D eigenvalue weighted by atomic mass is 15.1. The van der Waals surface area contributed by atoms with Crippen molar-refractivity contribution in [3.63, 3.8) is 0 Å². The van der Waals surface area contributed by atoms with Crippen LogP contribution in [-0.4, -0.2) is 12.5 Å². The SMILES string of the molecule is NC(=NCCc1ccccc1)Nc1ccc2c3c(cccc13)CC2. The smallest absolute Gasteiger partial charge is 0.193 e. The van der Waals surface area contributed by atoms with E-state index >= 15 is 0 Å². The zero-order valence-electron chi connectivity index (χ0n) is 13.6. The molecule has 0 bridgehead atoms. The summed E-state index contributed by atoms with van der Waals surface area (Å²) >= 11 is 0. The summed E-state index contributed by atoms with van der Waals surface area (Å²) in [6.45, 7) is 0.685. The molecule has 24 heavy (non-hydrogen) atoms. The van der Waals surface area contributed by atoms with Crippen molar-refractivity contribution in [1.29, 1.82) is 0 Å². The standard InChI is InChI=1S/C21H21N3/c22-21(23-14-13-15-5-2-1-3-6-15)24-19-12-11-17-10-9-16-7-4-8-18(19)20(16)17/h1-8,11-12H,9-10,13-14H2,(H3,22,23,24). The average molecular weight is 315 g/mol. The predicted molar refractivity (Wildman–Crippen MR) is 102 cm³/mol. The molecule has 1 aliphatic carbocycles. The van der Waals surface area contributed by atoms with E-state index < -0.39 is 0 Å². The highest BCUT2D eigenvalue weighted by molar-refractivity contribution is 6.05. The summed E-state index contributed by atoms with van der Waals surface area (Å²) in [5.74, 6) is 0.477. The fourth-order valence-electron chi connectivity index (χ4n) is 3.48. The van der Waals surface area contributed by atoms with Gasteiger partial charge in [-0.2, -0.15) is 0 Å². The first-order chi connectivity index (χ1) is 11.8. The Morgan fingerprint density at radius 3 is 2.54 bits per heavy atom. The molecule has 3 heteroatoms. The Bertz CT molecular complexity index is 887. The third-order valence-corrected chi connectivity index (χ3v) is 4.67. The first-order valence-corrected chi connectivity index (χ1v) is 8.45. The van der Waals surface area contributed by atoms with Gasteiger partial charge in [0.1, 0.15) is 0 Å². The molecule has 0 saturated heterocycles. The van der Waals surface area contributed by atoms with Crippen LogP contribution in [0.3, 0.4) is 0 Å². The van der Waals surface area contributed by atoms with Gasteiger partial charge in [0.05, 0.1) is 0 Å². The molecule has 0 aliphatic heterocycles. The molecule has 120 valence electrons. The molecule has 0 aromatic heterocycles. The minimum Gasteiger partial charge on any atom is -0.370 e. The number of hydrogen-bond acceptors (Lipinski definition) is 1. The maximum Gasteiger partial charge on any atom is 0.193 e. The number of rotatable bonds is 4. The molecule has 0 fully saturated rings. The molecule has 3 nitrogen and oxygen atoms in total. The molecule has 1 aliphatic rings. The third kappa shape index (κ3) is 2.85. The highest BCUT2D eigenvalue weighted by Gasteiger charge is 2.15. The Kier molecular flexibility index (Phi) is 3.91. The number of nitrogens with one attached hydrogen (secondary N) is 1. The fourth-order valence-corrected chi connectivity index (χ4v) is 3.48. The molecule has 0 unspecified atom stereocenters. The fraction of sp³-hybridized carbons (Fsp3) is 0.190. The van der Waals surface area contributed by atoms with Crippen LogP contribution in [0.4, 0.5) is 5.69 Å². The van der Waals surface area contributed by atoms with Gasteiger partial charge in [-0.25, -0.2) is 0 Å². The van der Waals surface area contributed by atoms with E-state index in [1.807, 2.05) is 18.2 Å². The van der Waals surface area contributed by atoms with Crippen LogP contribution in [0.5, 0.6) is 0 Å². The summed E-state index contributed by atoms with van der Waals surface area (Å²) in [7, 11) is 0. The van der Waals surface area contributed by atoms with Crippen LogP contribution < -0.4 is 11.1 Å². The Morgan fingerprint density at radius 2 is 1.71 bits per heavy atom. The van der Waals surface area contributed by atoms with Crippen molar-refractivity contribution in [2.75, 3.05) is 11.9 Å². The van der Waals surface area contributed by atoms with Crippen LogP contribution in [0.2, 0.25) is 0 Å². The van der Waals surface area contributed by atoms with Gasteiger partial charge >= 0.3 is 0 Å². The molecule has 0 saturated carbocycles. The van der Waals surface area contributed by atoms with Crippen LogP contribution in [0.25, 0.3) is 10.8 Å². The molecule has 4 rings (SSSR count). The summed E-state index contributed by atoms with van der Waals surface area (Å²) in [5.41, 5.74) is 11.3. The van der Waals surface area contributed by atoms with Crippen LogP contribution in [-0.2, 0) is 19.3 Å². The first kappa shape index (κ1) is 14.8. The van der Waals surface area contributed by atoms with E-state index in [1.54, 1.807) is 0 Å². The van der Waals surface area contributed by atoms with E-state index in [4.69, 9.17) is 5.73 Å². The molecular weight excluding hydrogens is 294 g/mol. The molecule has 0 spiro atoms. The van der Waals surface area contributed by atoms with Gasteiger partial charge in [0.15, 0.2) is 5.96 Å². The maximum absolute atomic E-state index is 6.09. The van der Waals surface area contributed by atoms with Crippen LogP contribution in [0, 0.1) is 0 Å². The Balaban J connectivity index is 1.51. The zero-order valence-corrected chi connectivity index (χ0v) is 13.6. The van der Waals surface area contributed by atoms with Crippen LogP contribution >= 0.6 is 0 Å². The van der Waals surface area contributed by atoms with Crippen LogP contribution in [0.1, 0.15) is 16.7 Å². The van der Waals surface area contributed by atoms with Gasteiger partial charge in [-0.3, -0.25) is 4.99 Å². The lowest BCUT2D eigenvalue weighted by Crippen LogP contribution is -2.23. The number of anilines is 1. The van der Waals surface area contributed by atoms with Gasteiger partial charge in [-0.05, 0) is 47.4 Å². The van der Waals surface area contributed by atoms with Gasteiger partial charge in [-0.15, -0.1) is 0 Å². The van der Waals surface area contributed by atoms with E-state index in [0.717, 1.165) is 24.9 Å². The topological polar surface area (TPSA) is 50.4 Å². The monoisotopic (exact) mass is 315 g/mol. The van der Waals surface area contributed by atoms with Crippen molar-refractivity contribution in [2.45, 2.75) is 19.3 Å². The number of aliphatic imine (C=N–C) groups is 1. The van der Waals surface area contributed by atoms with Gasteiger partial charge < -0.3 is 11.1 Å². The number of nitrogens with two attached hydrogens (primary N) is 1. The minimum absolute atomic E-state index is 0.477. The van der Waals surface area contributed by atoms with Gasteiger partial charge in [0, 0.05) is 17.6 Å². The Labute approximate surface area is 142 Å². The van der Waals surface area contributed by atoms with Crippen molar-refractivity contribution >= 4 is 22.4 Å². The number of benzene rings is 3. The zero-order chi connectivity index (χ0) is 16.4. The Hall–Kier alpha value is -2.81. The molecular formula is C21H21N3. The van der Waals surface area contributed by atoms with E-state index in [9.17, 15) is 0 Å². The second-order valence-electron chi connectivity index (χ2n) is 6.24. The quantitative estimate of drug-likeness (QED) is 0.566.